The van der Waals surface area contributed by atoms with Gasteiger partial charge < -0.3 is 9.73 Å². The Morgan fingerprint density at radius 1 is 1.18 bits per heavy atom. The van der Waals surface area contributed by atoms with Crippen molar-refractivity contribution in [2.75, 3.05) is 6.54 Å². The molecule has 1 aromatic carbocycles. The van der Waals surface area contributed by atoms with Crippen LogP contribution in [0.3, 0.4) is 0 Å². The molecule has 1 N–H and O–H groups in total. The summed E-state index contributed by atoms with van der Waals surface area (Å²) in [6, 6.07) is 9.54. The van der Waals surface area contributed by atoms with E-state index in [4.69, 9.17) is 27.6 Å². The fourth-order valence-electron chi connectivity index (χ4n) is 1.81. The van der Waals surface area contributed by atoms with Crippen molar-refractivity contribution in [2.45, 2.75) is 13.0 Å². The van der Waals surface area contributed by atoms with E-state index in [0.29, 0.717) is 5.22 Å². The Hall–Kier alpha value is -0.960. The first-order valence-corrected chi connectivity index (χ1v) is 6.20. The molecular weight excluding hydrogens is 257 g/mol. The molecule has 0 amide bonds. The summed E-state index contributed by atoms with van der Waals surface area (Å²) < 4.78 is 5.14. The minimum atomic E-state index is -0.0417. The Bertz CT molecular complexity index is 496. The van der Waals surface area contributed by atoms with Gasteiger partial charge in [0.25, 0.3) is 0 Å². The van der Waals surface area contributed by atoms with Crippen LogP contribution in [-0.4, -0.2) is 6.54 Å². The van der Waals surface area contributed by atoms with Crippen LogP contribution in [0, 0.1) is 0 Å². The zero-order valence-corrected chi connectivity index (χ0v) is 10.9. The van der Waals surface area contributed by atoms with Gasteiger partial charge in [-0.3, -0.25) is 0 Å². The highest BCUT2D eigenvalue weighted by atomic mass is 35.5. The number of rotatable bonds is 4. The monoisotopic (exact) mass is 269 g/mol. The molecule has 4 heteroatoms. The SMILES string of the molecule is CCNC(c1ccccc1Cl)c1ccoc1Cl. The van der Waals surface area contributed by atoms with Crippen LogP contribution in [0.2, 0.25) is 10.2 Å². The van der Waals surface area contributed by atoms with Crippen LogP contribution in [0.25, 0.3) is 0 Å². The molecule has 0 aliphatic rings. The first-order chi connectivity index (χ1) is 8.24. The van der Waals surface area contributed by atoms with Crippen LogP contribution in [-0.2, 0) is 0 Å². The zero-order chi connectivity index (χ0) is 12.3. The zero-order valence-electron chi connectivity index (χ0n) is 9.41. The second kappa shape index (κ2) is 5.58. The van der Waals surface area contributed by atoms with Crippen LogP contribution in [0.1, 0.15) is 24.1 Å². The molecule has 17 heavy (non-hydrogen) atoms. The smallest absolute Gasteiger partial charge is 0.198 e. The maximum atomic E-state index is 6.21. The number of nitrogens with one attached hydrogen (secondary N) is 1. The lowest BCUT2D eigenvalue weighted by atomic mass is 10.0. The van der Waals surface area contributed by atoms with E-state index < -0.39 is 0 Å². The van der Waals surface area contributed by atoms with E-state index in [-0.39, 0.29) is 6.04 Å². The van der Waals surface area contributed by atoms with Crippen molar-refractivity contribution in [1.29, 1.82) is 0 Å². The van der Waals surface area contributed by atoms with E-state index >= 15 is 0 Å². The van der Waals surface area contributed by atoms with E-state index in [1.165, 1.54) is 0 Å². The maximum Gasteiger partial charge on any atom is 0.198 e. The van der Waals surface area contributed by atoms with Gasteiger partial charge in [-0.05, 0) is 35.8 Å². The Morgan fingerprint density at radius 2 is 1.94 bits per heavy atom. The summed E-state index contributed by atoms with van der Waals surface area (Å²) in [4.78, 5) is 0. The number of benzene rings is 1. The fraction of sp³-hybridized carbons (Fsp3) is 0.231. The van der Waals surface area contributed by atoms with Crippen LogP contribution >= 0.6 is 23.2 Å². The molecule has 0 saturated heterocycles. The lowest BCUT2D eigenvalue weighted by Crippen LogP contribution is -2.22. The third kappa shape index (κ3) is 2.65. The molecule has 1 aromatic heterocycles. The molecule has 0 bridgehead atoms. The van der Waals surface area contributed by atoms with E-state index in [1.54, 1.807) is 6.26 Å². The summed E-state index contributed by atoms with van der Waals surface area (Å²) in [6.07, 6.45) is 1.58. The van der Waals surface area contributed by atoms with Gasteiger partial charge in [0, 0.05) is 10.6 Å². The average Bonchev–Trinajstić information content (AvgIpc) is 2.74. The topological polar surface area (TPSA) is 25.2 Å². The summed E-state index contributed by atoms with van der Waals surface area (Å²) in [6.45, 7) is 2.86. The van der Waals surface area contributed by atoms with E-state index in [0.717, 1.165) is 22.7 Å². The van der Waals surface area contributed by atoms with Crippen molar-refractivity contribution < 1.29 is 4.42 Å². The molecule has 0 radical (unpaired) electrons. The van der Waals surface area contributed by atoms with Crippen molar-refractivity contribution >= 4 is 23.2 Å². The maximum absolute atomic E-state index is 6.21. The molecule has 2 nitrogen and oxygen atoms in total. The summed E-state index contributed by atoms with van der Waals surface area (Å²) in [5.74, 6) is 0. The first kappa shape index (κ1) is 12.5. The highest BCUT2D eigenvalue weighted by Gasteiger charge is 2.19. The van der Waals surface area contributed by atoms with Crippen LogP contribution in [0.5, 0.6) is 0 Å². The van der Waals surface area contributed by atoms with Crippen molar-refractivity contribution in [1.82, 2.24) is 5.32 Å². The second-order valence-corrected chi connectivity index (χ2v) is 4.41. The molecule has 2 aromatic rings. The van der Waals surface area contributed by atoms with Crippen molar-refractivity contribution in [2.24, 2.45) is 0 Å². The van der Waals surface area contributed by atoms with Crippen LogP contribution in [0.15, 0.2) is 41.0 Å². The molecule has 1 atom stereocenters. The largest absolute Gasteiger partial charge is 0.453 e. The summed E-state index contributed by atoms with van der Waals surface area (Å²) in [5.41, 5.74) is 1.90. The number of hydrogen-bond donors (Lipinski definition) is 1. The second-order valence-electron chi connectivity index (χ2n) is 3.66. The van der Waals surface area contributed by atoms with Gasteiger partial charge in [-0.1, -0.05) is 36.7 Å². The lowest BCUT2D eigenvalue weighted by molar-refractivity contribution is 0.555. The van der Waals surface area contributed by atoms with Crippen molar-refractivity contribution in [3.8, 4) is 0 Å². The highest BCUT2D eigenvalue weighted by molar-refractivity contribution is 6.31. The van der Waals surface area contributed by atoms with Gasteiger partial charge in [-0.15, -0.1) is 0 Å². The quantitative estimate of drug-likeness (QED) is 0.896. The molecule has 2 rings (SSSR count). The first-order valence-electron chi connectivity index (χ1n) is 5.44. The Balaban J connectivity index is 2.43. The van der Waals surface area contributed by atoms with E-state index in [1.807, 2.05) is 37.3 Å². The van der Waals surface area contributed by atoms with Gasteiger partial charge in [0.2, 0.25) is 0 Å². The normalized spacial score (nSPS) is 12.6. The predicted molar refractivity (Wildman–Crippen MR) is 70.7 cm³/mol. The highest BCUT2D eigenvalue weighted by Crippen LogP contribution is 2.32. The van der Waals surface area contributed by atoms with Crippen LogP contribution < -0.4 is 5.32 Å². The number of halogens is 2. The molecule has 0 fully saturated rings. The van der Waals surface area contributed by atoms with Crippen molar-refractivity contribution in [3.63, 3.8) is 0 Å². The van der Waals surface area contributed by atoms with Gasteiger partial charge in [-0.25, -0.2) is 0 Å². The van der Waals surface area contributed by atoms with Gasteiger partial charge in [-0.2, -0.15) is 0 Å². The van der Waals surface area contributed by atoms with E-state index in [9.17, 15) is 0 Å². The Kier molecular flexibility index (Phi) is 4.11. The molecule has 0 aliphatic carbocycles. The Labute approximate surface area is 111 Å². The number of hydrogen-bond acceptors (Lipinski definition) is 2. The average molecular weight is 270 g/mol. The van der Waals surface area contributed by atoms with Crippen molar-refractivity contribution in [3.05, 3.63) is 58.0 Å². The molecule has 0 saturated carbocycles. The molecular formula is C13H13Cl2NO. The summed E-state index contributed by atoms with van der Waals surface area (Å²) in [7, 11) is 0. The standard InChI is InChI=1S/C13H13Cl2NO/c1-2-16-12(10-7-8-17-13(10)15)9-5-3-4-6-11(9)14/h3-8,12,16H,2H2,1H3. The van der Waals surface area contributed by atoms with E-state index in [2.05, 4.69) is 5.32 Å². The van der Waals surface area contributed by atoms with Gasteiger partial charge in [0.1, 0.15) is 0 Å². The molecule has 1 unspecified atom stereocenters. The lowest BCUT2D eigenvalue weighted by Gasteiger charge is -2.18. The van der Waals surface area contributed by atoms with Gasteiger partial charge in [0.05, 0.1) is 12.3 Å². The van der Waals surface area contributed by atoms with Crippen LogP contribution in [0.4, 0.5) is 0 Å². The third-order valence-corrected chi connectivity index (χ3v) is 3.23. The summed E-state index contributed by atoms with van der Waals surface area (Å²) in [5, 5.41) is 4.47. The van der Waals surface area contributed by atoms with Gasteiger partial charge in [0.15, 0.2) is 5.22 Å². The third-order valence-electron chi connectivity index (χ3n) is 2.58. The minimum Gasteiger partial charge on any atom is -0.453 e. The molecule has 1 heterocycles. The Morgan fingerprint density at radius 3 is 2.53 bits per heavy atom. The molecule has 0 spiro atoms. The minimum absolute atomic E-state index is 0.0417. The summed E-state index contributed by atoms with van der Waals surface area (Å²) >= 11 is 12.2. The molecule has 0 aliphatic heterocycles. The fourth-order valence-corrected chi connectivity index (χ4v) is 2.28. The predicted octanol–water partition coefficient (Wildman–Crippen LogP) is 4.29. The molecule has 90 valence electrons. The number of furan rings is 1. The van der Waals surface area contributed by atoms with Gasteiger partial charge >= 0.3 is 0 Å².